The van der Waals surface area contributed by atoms with Crippen LogP contribution in [0.1, 0.15) is 33.6 Å². The number of ketones is 1. The van der Waals surface area contributed by atoms with Crippen molar-refractivity contribution in [2.45, 2.75) is 33.6 Å². The van der Waals surface area contributed by atoms with Gasteiger partial charge in [0.05, 0.1) is 0 Å². The molecule has 0 aromatic rings. The molecule has 16 heavy (non-hydrogen) atoms. The van der Waals surface area contributed by atoms with Gasteiger partial charge in [-0.05, 0) is 25.3 Å². The Labute approximate surface area is 96.6 Å². The SMILES string of the molecule is C=C(C)C(=O)CC(C)CC(=O)OCOCC. The maximum Gasteiger partial charge on any atom is 0.308 e. The zero-order valence-electron chi connectivity index (χ0n) is 10.2. The molecule has 0 aliphatic rings. The van der Waals surface area contributed by atoms with Crippen LogP contribution in [0, 0.1) is 5.92 Å². The standard InChI is InChI=1S/C12H20O4/c1-5-15-8-16-12(14)7-10(4)6-11(13)9(2)3/h10H,2,5-8H2,1,3-4H3. The van der Waals surface area contributed by atoms with Gasteiger partial charge in [-0.1, -0.05) is 13.5 Å². The lowest BCUT2D eigenvalue weighted by atomic mass is 9.98. The largest absolute Gasteiger partial charge is 0.438 e. The van der Waals surface area contributed by atoms with Gasteiger partial charge in [0.15, 0.2) is 12.6 Å². The number of Topliss-reactive ketones (excluding diaryl/α,β-unsaturated/α-hetero) is 1. The lowest BCUT2D eigenvalue weighted by molar-refractivity contribution is -0.156. The molecule has 0 aliphatic carbocycles. The number of ether oxygens (including phenoxy) is 2. The first-order valence-corrected chi connectivity index (χ1v) is 5.39. The summed E-state index contributed by atoms with van der Waals surface area (Å²) in [5.74, 6) is -0.376. The summed E-state index contributed by atoms with van der Waals surface area (Å²) in [5, 5.41) is 0. The maximum absolute atomic E-state index is 11.3. The monoisotopic (exact) mass is 228 g/mol. The van der Waals surface area contributed by atoms with Gasteiger partial charge < -0.3 is 9.47 Å². The Kier molecular flexibility index (Phi) is 7.46. The lowest BCUT2D eigenvalue weighted by Crippen LogP contribution is -2.14. The molecule has 0 rings (SSSR count). The number of hydrogen-bond donors (Lipinski definition) is 0. The Morgan fingerprint density at radius 2 is 1.94 bits per heavy atom. The number of esters is 1. The predicted molar refractivity (Wildman–Crippen MR) is 60.8 cm³/mol. The van der Waals surface area contributed by atoms with Crippen LogP contribution in [-0.4, -0.2) is 25.2 Å². The second kappa shape index (κ2) is 8.05. The van der Waals surface area contributed by atoms with Gasteiger partial charge in [0.2, 0.25) is 0 Å². The van der Waals surface area contributed by atoms with Crippen molar-refractivity contribution in [2.75, 3.05) is 13.4 Å². The molecule has 1 unspecified atom stereocenters. The summed E-state index contributed by atoms with van der Waals surface area (Å²) in [6.07, 6.45) is 0.561. The minimum absolute atomic E-state index is 0.00916. The van der Waals surface area contributed by atoms with Crippen LogP contribution in [-0.2, 0) is 19.1 Å². The van der Waals surface area contributed by atoms with E-state index in [1.165, 1.54) is 0 Å². The topological polar surface area (TPSA) is 52.6 Å². The van der Waals surface area contributed by atoms with Crippen LogP contribution in [0.4, 0.5) is 0 Å². The molecule has 0 bridgehead atoms. The summed E-state index contributed by atoms with van der Waals surface area (Å²) >= 11 is 0. The van der Waals surface area contributed by atoms with Crippen LogP contribution in [0.25, 0.3) is 0 Å². The summed E-state index contributed by atoms with van der Waals surface area (Å²) in [6.45, 7) is 9.38. The first kappa shape index (κ1) is 14.8. The molecule has 0 radical (unpaired) electrons. The third-order valence-corrected chi connectivity index (χ3v) is 2.03. The zero-order chi connectivity index (χ0) is 12.6. The van der Waals surface area contributed by atoms with Crippen molar-refractivity contribution in [1.82, 2.24) is 0 Å². The average molecular weight is 228 g/mol. The van der Waals surface area contributed by atoms with Crippen LogP contribution in [0.15, 0.2) is 12.2 Å². The molecule has 0 N–H and O–H groups in total. The maximum atomic E-state index is 11.3. The Balaban J connectivity index is 3.78. The first-order valence-electron chi connectivity index (χ1n) is 5.39. The molecule has 0 saturated carbocycles. The van der Waals surface area contributed by atoms with E-state index in [2.05, 4.69) is 6.58 Å². The third-order valence-electron chi connectivity index (χ3n) is 2.03. The van der Waals surface area contributed by atoms with Gasteiger partial charge in [0, 0.05) is 19.4 Å². The second-order valence-electron chi connectivity index (χ2n) is 3.84. The molecule has 1 atom stereocenters. The van der Waals surface area contributed by atoms with Gasteiger partial charge in [-0.2, -0.15) is 0 Å². The fraction of sp³-hybridized carbons (Fsp3) is 0.667. The highest BCUT2D eigenvalue weighted by molar-refractivity contribution is 5.94. The van der Waals surface area contributed by atoms with E-state index in [4.69, 9.17) is 9.47 Å². The lowest BCUT2D eigenvalue weighted by Gasteiger charge is -2.10. The number of carbonyl (C=O) groups excluding carboxylic acids is 2. The van der Waals surface area contributed by atoms with E-state index >= 15 is 0 Å². The van der Waals surface area contributed by atoms with Crippen LogP contribution in [0.5, 0.6) is 0 Å². The average Bonchev–Trinajstić information content (AvgIpc) is 2.17. The van der Waals surface area contributed by atoms with E-state index in [-0.39, 0.29) is 30.9 Å². The van der Waals surface area contributed by atoms with Gasteiger partial charge in [-0.3, -0.25) is 9.59 Å². The van der Waals surface area contributed by atoms with Gasteiger partial charge in [0.25, 0.3) is 0 Å². The van der Waals surface area contributed by atoms with Crippen molar-refractivity contribution in [2.24, 2.45) is 5.92 Å². The van der Waals surface area contributed by atoms with E-state index < -0.39 is 0 Å². The molecule has 0 aliphatic heterocycles. The molecule has 0 fully saturated rings. The van der Waals surface area contributed by atoms with Crippen molar-refractivity contribution in [3.05, 3.63) is 12.2 Å². The van der Waals surface area contributed by atoms with E-state index in [1.54, 1.807) is 6.92 Å². The molecule has 0 aromatic carbocycles. The van der Waals surface area contributed by atoms with Crippen molar-refractivity contribution in [1.29, 1.82) is 0 Å². The molecule has 4 nitrogen and oxygen atoms in total. The first-order chi connectivity index (χ1) is 7.47. The molecule has 0 amide bonds. The zero-order valence-corrected chi connectivity index (χ0v) is 10.2. The molecule has 0 saturated heterocycles. The highest BCUT2D eigenvalue weighted by atomic mass is 16.7. The van der Waals surface area contributed by atoms with Crippen molar-refractivity contribution in [3.63, 3.8) is 0 Å². The molecular formula is C12H20O4. The predicted octanol–water partition coefficient (Wildman–Crippen LogP) is 2.09. The fourth-order valence-corrected chi connectivity index (χ4v) is 1.10. The highest BCUT2D eigenvalue weighted by Gasteiger charge is 2.14. The molecular weight excluding hydrogens is 208 g/mol. The quantitative estimate of drug-likeness (QED) is 0.276. The molecule has 0 aromatic heterocycles. The minimum atomic E-state index is -0.338. The summed E-state index contributed by atoms with van der Waals surface area (Å²) in [5.41, 5.74) is 0.523. The molecule has 0 spiro atoms. The number of rotatable bonds is 8. The summed E-state index contributed by atoms with van der Waals surface area (Å²) < 4.78 is 9.68. The van der Waals surface area contributed by atoms with E-state index in [1.807, 2.05) is 13.8 Å². The Morgan fingerprint density at radius 1 is 1.31 bits per heavy atom. The van der Waals surface area contributed by atoms with E-state index in [0.29, 0.717) is 18.6 Å². The summed E-state index contributed by atoms with van der Waals surface area (Å²) in [4.78, 5) is 22.6. The van der Waals surface area contributed by atoms with Crippen molar-refractivity contribution < 1.29 is 19.1 Å². The minimum Gasteiger partial charge on any atom is -0.438 e. The highest BCUT2D eigenvalue weighted by Crippen LogP contribution is 2.11. The Hall–Kier alpha value is -1.16. The van der Waals surface area contributed by atoms with Gasteiger partial charge in [0.1, 0.15) is 0 Å². The normalized spacial score (nSPS) is 11.9. The van der Waals surface area contributed by atoms with Crippen molar-refractivity contribution >= 4 is 11.8 Å². The van der Waals surface area contributed by atoms with Crippen LogP contribution in [0.2, 0.25) is 0 Å². The smallest absolute Gasteiger partial charge is 0.308 e. The van der Waals surface area contributed by atoms with Crippen LogP contribution < -0.4 is 0 Å². The van der Waals surface area contributed by atoms with Gasteiger partial charge >= 0.3 is 5.97 Å². The van der Waals surface area contributed by atoms with Crippen LogP contribution >= 0.6 is 0 Å². The van der Waals surface area contributed by atoms with Crippen LogP contribution in [0.3, 0.4) is 0 Å². The number of hydrogen-bond acceptors (Lipinski definition) is 4. The second-order valence-corrected chi connectivity index (χ2v) is 3.84. The summed E-state index contributed by atoms with van der Waals surface area (Å²) in [6, 6.07) is 0. The third kappa shape index (κ3) is 7.17. The number of allylic oxidation sites excluding steroid dienone is 1. The Morgan fingerprint density at radius 3 is 2.44 bits per heavy atom. The Bertz CT molecular complexity index is 258. The van der Waals surface area contributed by atoms with Gasteiger partial charge in [-0.15, -0.1) is 0 Å². The van der Waals surface area contributed by atoms with Gasteiger partial charge in [-0.25, -0.2) is 0 Å². The molecule has 4 heteroatoms. The van der Waals surface area contributed by atoms with E-state index in [9.17, 15) is 9.59 Å². The molecule has 92 valence electrons. The van der Waals surface area contributed by atoms with Crippen molar-refractivity contribution in [3.8, 4) is 0 Å². The summed E-state index contributed by atoms with van der Waals surface area (Å²) in [7, 11) is 0. The fourth-order valence-electron chi connectivity index (χ4n) is 1.10. The number of carbonyl (C=O) groups is 2. The molecule has 0 heterocycles. The van der Waals surface area contributed by atoms with E-state index in [0.717, 1.165) is 0 Å².